The quantitative estimate of drug-likeness (QED) is 0.407. The number of carboxylic acid groups (broad SMARTS) is 1. The number of rotatable bonds is 6. The molecule has 0 spiro atoms. The Morgan fingerprint density at radius 2 is 2.23 bits per heavy atom. The van der Waals surface area contributed by atoms with Gasteiger partial charge in [-0.25, -0.2) is 4.79 Å². The van der Waals surface area contributed by atoms with Crippen LogP contribution in [0.4, 0.5) is 0 Å². The molecule has 0 aliphatic heterocycles. The first-order valence-electron chi connectivity index (χ1n) is 4.16. The Morgan fingerprint density at radius 1 is 1.62 bits per heavy atom. The van der Waals surface area contributed by atoms with Gasteiger partial charge in [-0.05, 0) is 31.9 Å². The van der Waals surface area contributed by atoms with E-state index in [1.54, 1.807) is 0 Å². The van der Waals surface area contributed by atoms with Crippen LogP contribution in [0.5, 0.6) is 0 Å². The molecule has 0 amide bonds. The number of hydrogen-bond donors (Lipinski definition) is 3. The molecule has 0 fully saturated rings. The predicted molar refractivity (Wildman–Crippen MR) is 51.2 cm³/mol. The van der Waals surface area contributed by atoms with E-state index in [4.69, 9.17) is 16.6 Å². The van der Waals surface area contributed by atoms with Crippen molar-refractivity contribution in [1.82, 2.24) is 0 Å². The lowest BCUT2D eigenvalue weighted by molar-refractivity contribution is -0.141. The lowest BCUT2D eigenvalue weighted by Crippen LogP contribution is -2.45. The van der Waals surface area contributed by atoms with Crippen molar-refractivity contribution < 1.29 is 9.90 Å². The minimum absolute atomic E-state index is 0.363. The van der Waals surface area contributed by atoms with E-state index in [9.17, 15) is 4.79 Å². The molecule has 0 aliphatic rings. The normalized spacial score (nSPS) is 14.3. The Bertz CT molecular complexity index is 218. The Kier molecular flexibility index (Phi) is 5.07. The first kappa shape index (κ1) is 11.9. The van der Waals surface area contributed by atoms with Crippen LogP contribution < -0.4 is 11.5 Å². The number of hydrogen-bond acceptors (Lipinski definition) is 3. The molecule has 1 atom stereocenters. The lowest BCUT2D eigenvalue weighted by atomic mass is 9.94. The zero-order valence-corrected chi connectivity index (χ0v) is 7.62. The molecule has 0 aromatic heterocycles. The summed E-state index contributed by atoms with van der Waals surface area (Å²) in [5.41, 5.74) is 11.9. The van der Waals surface area contributed by atoms with Crippen molar-refractivity contribution in [2.75, 3.05) is 6.54 Å². The summed E-state index contributed by atoms with van der Waals surface area (Å²) in [5, 5.41) is 8.81. The van der Waals surface area contributed by atoms with Crippen LogP contribution in [0.1, 0.15) is 19.3 Å². The maximum absolute atomic E-state index is 10.8. The highest BCUT2D eigenvalue weighted by atomic mass is 16.4. The van der Waals surface area contributed by atoms with Crippen molar-refractivity contribution in [1.29, 1.82) is 0 Å². The Balaban J connectivity index is 4.25. The second-order valence-electron chi connectivity index (χ2n) is 2.94. The summed E-state index contributed by atoms with van der Waals surface area (Å²) in [5.74, 6) is -1.05. The molecule has 0 aliphatic carbocycles. The summed E-state index contributed by atoms with van der Waals surface area (Å²) in [6.07, 6.45) is 3.11. The minimum atomic E-state index is -1.34. The third-order valence-corrected chi connectivity index (χ3v) is 1.80. The van der Waals surface area contributed by atoms with Crippen LogP contribution in [0, 0.1) is 0 Å². The van der Waals surface area contributed by atoms with Crippen molar-refractivity contribution in [3.05, 3.63) is 18.4 Å². The van der Waals surface area contributed by atoms with Crippen molar-refractivity contribution in [2.45, 2.75) is 24.8 Å². The molecule has 4 nitrogen and oxygen atoms in total. The number of unbranched alkanes of at least 4 members (excludes halogenated alkanes) is 1. The third kappa shape index (κ3) is 3.90. The first-order valence-corrected chi connectivity index (χ1v) is 4.16. The van der Waals surface area contributed by atoms with Crippen LogP contribution >= 0.6 is 0 Å². The molecule has 0 aromatic carbocycles. The second-order valence-corrected chi connectivity index (χ2v) is 2.94. The first-order chi connectivity index (χ1) is 6.06. The fourth-order valence-corrected chi connectivity index (χ4v) is 0.985. The van der Waals surface area contributed by atoms with Crippen molar-refractivity contribution in [3.8, 4) is 0 Å². The van der Waals surface area contributed by atoms with Crippen LogP contribution in [0.25, 0.3) is 0 Å². The molecule has 0 bridgehead atoms. The van der Waals surface area contributed by atoms with Gasteiger partial charge in [-0.15, -0.1) is 5.73 Å². The third-order valence-electron chi connectivity index (χ3n) is 1.80. The van der Waals surface area contributed by atoms with Gasteiger partial charge in [-0.1, -0.05) is 6.58 Å². The standard InChI is InChI=1S/C9H16N2O2/c1-2-5-9(11,8(12)13)6-3-4-7-10/h5H,1,3-4,6-7,10-11H2,(H,12,13). The molecule has 74 valence electrons. The van der Waals surface area contributed by atoms with Gasteiger partial charge < -0.3 is 16.6 Å². The zero-order valence-electron chi connectivity index (χ0n) is 7.62. The molecule has 4 heteroatoms. The van der Waals surface area contributed by atoms with E-state index in [1.165, 1.54) is 6.08 Å². The van der Waals surface area contributed by atoms with E-state index >= 15 is 0 Å². The van der Waals surface area contributed by atoms with E-state index in [-0.39, 0.29) is 0 Å². The fourth-order valence-electron chi connectivity index (χ4n) is 0.985. The molecule has 0 heterocycles. The molecular formula is C9H16N2O2. The summed E-state index contributed by atoms with van der Waals surface area (Å²) in [4.78, 5) is 10.8. The highest BCUT2D eigenvalue weighted by Gasteiger charge is 2.29. The summed E-state index contributed by atoms with van der Waals surface area (Å²) in [7, 11) is 0. The predicted octanol–water partition coefficient (Wildman–Crippen LogP) is 0.239. The zero-order chi connectivity index (χ0) is 10.3. The number of aliphatic carboxylic acids is 1. The maximum atomic E-state index is 10.8. The van der Waals surface area contributed by atoms with Crippen LogP contribution in [0.3, 0.4) is 0 Å². The van der Waals surface area contributed by atoms with E-state index in [1.807, 2.05) is 0 Å². The van der Waals surface area contributed by atoms with Crippen LogP contribution in [-0.4, -0.2) is 23.2 Å². The van der Waals surface area contributed by atoms with Gasteiger partial charge >= 0.3 is 5.97 Å². The van der Waals surface area contributed by atoms with Crippen LogP contribution in [-0.2, 0) is 4.79 Å². The molecule has 13 heavy (non-hydrogen) atoms. The monoisotopic (exact) mass is 184 g/mol. The van der Waals surface area contributed by atoms with Gasteiger partial charge in [0.1, 0.15) is 5.54 Å². The fraction of sp³-hybridized carbons (Fsp3) is 0.556. The highest BCUT2D eigenvalue weighted by Crippen LogP contribution is 2.12. The maximum Gasteiger partial charge on any atom is 0.328 e. The number of nitrogens with two attached hydrogens (primary N) is 2. The lowest BCUT2D eigenvalue weighted by Gasteiger charge is -2.19. The topological polar surface area (TPSA) is 89.3 Å². The number of carbonyl (C=O) groups is 1. The highest BCUT2D eigenvalue weighted by molar-refractivity contribution is 5.81. The minimum Gasteiger partial charge on any atom is -0.480 e. The molecule has 5 N–H and O–H groups in total. The summed E-state index contributed by atoms with van der Waals surface area (Å²) < 4.78 is 0. The van der Waals surface area contributed by atoms with Crippen LogP contribution in [0.2, 0.25) is 0 Å². The Morgan fingerprint density at radius 3 is 2.62 bits per heavy atom. The molecule has 0 saturated heterocycles. The van der Waals surface area contributed by atoms with Crippen molar-refractivity contribution in [2.24, 2.45) is 11.5 Å². The van der Waals surface area contributed by atoms with Crippen molar-refractivity contribution >= 4 is 5.97 Å². The molecule has 0 saturated carbocycles. The van der Waals surface area contributed by atoms with E-state index in [0.29, 0.717) is 19.4 Å². The summed E-state index contributed by atoms with van der Waals surface area (Å²) in [6, 6.07) is 0. The van der Waals surface area contributed by atoms with Gasteiger partial charge in [0.05, 0.1) is 0 Å². The smallest absolute Gasteiger partial charge is 0.328 e. The van der Waals surface area contributed by atoms with E-state index < -0.39 is 11.5 Å². The van der Waals surface area contributed by atoms with Gasteiger partial charge in [0, 0.05) is 0 Å². The average molecular weight is 184 g/mol. The second kappa shape index (κ2) is 5.54. The van der Waals surface area contributed by atoms with Gasteiger partial charge in [-0.2, -0.15) is 0 Å². The van der Waals surface area contributed by atoms with Crippen molar-refractivity contribution in [3.63, 3.8) is 0 Å². The van der Waals surface area contributed by atoms with E-state index in [0.717, 1.165) is 6.42 Å². The molecule has 0 radical (unpaired) electrons. The van der Waals surface area contributed by atoms with Gasteiger partial charge in [0.15, 0.2) is 0 Å². The largest absolute Gasteiger partial charge is 0.480 e. The van der Waals surface area contributed by atoms with Gasteiger partial charge in [0.2, 0.25) is 0 Å². The molecule has 1 unspecified atom stereocenters. The SMILES string of the molecule is C=C=CC(N)(CCCCN)C(=O)O. The Labute approximate surface area is 77.9 Å². The molecule has 0 aromatic rings. The van der Waals surface area contributed by atoms with Gasteiger partial charge in [0.25, 0.3) is 0 Å². The van der Waals surface area contributed by atoms with E-state index in [2.05, 4.69) is 12.3 Å². The summed E-state index contributed by atoms with van der Waals surface area (Å²) in [6.45, 7) is 3.86. The Hall–Kier alpha value is -1.09. The summed E-state index contributed by atoms with van der Waals surface area (Å²) >= 11 is 0. The number of carboxylic acids is 1. The van der Waals surface area contributed by atoms with Crippen LogP contribution in [0.15, 0.2) is 18.4 Å². The average Bonchev–Trinajstić information content (AvgIpc) is 2.05. The molecule has 0 rings (SSSR count). The van der Waals surface area contributed by atoms with Gasteiger partial charge in [-0.3, -0.25) is 0 Å². The molecular weight excluding hydrogens is 168 g/mol.